The molecule has 2 N–H and O–H groups in total. The summed E-state index contributed by atoms with van der Waals surface area (Å²) in [7, 11) is 0. The Bertz CT molecular complexity index is 47.8. The van der Waals surface area contributed by atoms with Gasteiger partial charge in [-0.1, -0.05) is 11.6 Å². The Kier molecular flexibility index (Phi) is 13.3. The van der Waals surface area contributed by atoms with Gasteiger partial charge in [0.15, 0.2) is 5.56 Å². The predicted molar refractivity (Wildman–Crippen MR) is 29.8 cm³/mol. The van der Waals surface area contributed by atoms with Gasteiger partial charge in [-0.05, 0) is 6.92 Å². The SMILES string of the molecule is CC1OC1Cl.[Ca+2].[OH-].[OH-]. The molecule has 0 amide bonds. The molecule has 2 atom stereocenters. The molecular weight excluding hydrogens is 160 g/mol. The molecule has 8 heavy (non-hydrogen) atoms. The van der Waals surface area contributed by atoms with Crippen molar-refractivity contribution in [3.05, 3.63) is 0 Å². The molecule has 46 valence electrons. The summed E-state index contributed by atoms with van der Waals surface area (Å²) in [5.41, 5.74) is 0.0231. The molecule has 0 aliphatic carbocycles. The van der Waals surface area contributed by atoms with Crippen molar-refractivity contribution in [2.45, 2.75) is 18.6 Å². The van der Waals surface area contributed by atoms with E-state index in [9.17, 15) is 0 Å². The summed E-state index contributed by atoms with van der Waals surface area (Å²) in [4.78, 5) is 0. The molecule has 0 bridgehead atoms. The second kappa shape index (κ2) is 6.55. The van der Waals surface area contributed by atoms with Crippen molar-refractivity contribution in [3.63, 3.8) is 0 Å². The van der Waals surface area contributed by atoms with E-state index in [2.05, 4.69) is 4.74 Å². The third kappa shape index (κ3) is 5.56. The van der Waals surface area contributed by atoms with Crippen LogP contribution in [0.3, 0.4) is 0 Å². The normalized spacial score (nSPS) is 30.8. The summed E-state index contributed by atoms with van der Waals surface area (Å²) in [6, 6.07) is 0. The molecule has 0 radical (unpaired) electrons. The van der Waals surface area contributed by atoms with E-state index in [0.717, 1.165) is 0 Å². The van der Waals surface area contributed by atoms with E-state index in [4.69, 9.17) is 11.6 Å². The number of halogens is 1. The Morgan fingerprint density at radius 2 is 1.50 bits per heavy atom. The van der Waals surface area contributed by atoms with Crippen LogP contribution in [0.4, 0.5) is 0 Å². The molecule has 0 aromatic rings. The topological polar surface area (TPSA) is 72.5 Å². The monoisotopic (exact) mass is 166 g/mol. The number of hydrogen-bond donors (Lipinski definition) is 0. The molecule has 1 fully saturated rings. The number of epoxide rings is 1. The maximum Gasteiger partial charge on any atom is 2.00 e. The molecule has 1 aliphatic heterocycles. The van der Waals surface area contributed by atoms with Gasteiger partial charge < -0.3 is 15.7 Å². The Morgan fingerprint density at radius 3 is 1.50 bits per heavy atom. The smallest absolute Gasteiger partial charge is 0.870 e. The van der Waals surface area contributed by atoms with Crippen molar-refractivity contribution in [1.29, 1.82) is 0 Å². The second-order valence-corrected chi connectivity index (χ2v) is 1.62. The summed E-state index contributed by atoms with van der Waals surface area (Å²) >= 11 is 5.31. The first kappa shape index (κ1) is 16.2. The minimum Gasteiger partial charge on any atom is -0.870 e. The fourth-order valence-electron chi connectivity index (χ4n) is 0.160. The van der Waals surface area contributed by atoms with Gasteiger partial charge in [0, 0.05) is 0 Å². The van der Waals surface area contributed by atoms with Gasteiger partial charge in [-0.2, -0.15) is 0 Å². The van der Waals surface area contributed by atoms with E-state index < -0.39 is 0 Å². The molecule has 0 aromatic carbocycles. The standard InChI is InChI=1S/C3H5ClO.Ca.2H2O/c1-2-3(4)5-2;;;/h2-3H,1H3;;2*1H2/q;+2;;/p-2. The average Bonchev–Trinajstić information content (AvgIpc) is 1.79. The Morgan fingerprint density at radius 1 is 1.38 bits per heavy atom. The molecule has 0 spiro atoms. The minimum atomic E-state index is 0. The van der Waals surface area contributed by atoms with Crippen LogP contribution in [-0.4, -0.2) is 60.4 Å². The molecule has 1 saturated heterocycles. The van der Waals surface area contributed by atoms with E-state index >= 15 is 0 Å². The zero-order valence-electron chi connectivity index (χ0n) is 4.54. The minimum absolute atomic E-state index is 0. The van der Waals surface area contributed by atoms with Gasteiger partial charge in [-0.25, -0.2) is 0 Å². The Labute approximate surface area is 83.0 Å². The van der Waals surface area contributed by atoms with Crippen LogP contribution in [0.15, 0.2) is 0 Å². The van der Waals surface area contributed by atoms with E-state index in [1.165, 1.54) is 0 Å². The predicted octanol–water partition coefficient (Wildman–Crippen LogP) is 0.236. The summed E-state index contributed by atoms with van der Waals surface area (Å²) in [5, 5.41) is 0. The van der Waals surface area contributed by atoms with Gasteiger partial charge in [0.2, 0.25) is 0 Å². The molecule has 0 aromatic heterocycles. The maximum atomic E-state index is 5.31. The van der Waals surface area contributed by atoms with E-state index in [1.54, 1.807) is 0 Å². The molecule has 1 heterocycles. The van der Waals surface area contributed by atoms with Gasteiger partial charge >= 0.3 is 37.7 Å². The second-order valence-electron chi connectivity index (χ2n) is 1.19. The van der Waals surface area contributed by atoms with E-state index in [0.29, 0.717) is 6.10 Å². The zero-order chi connectivity index (χ0) is 3.86. The van der Waals surface area contributed by atoms with Crippen molar-refractivity contribution < 1.29 is 15.7 Å². The van der Waals surface area contributed by atoms with E-state index in [1.807, 2.05) is 6.92 Å². The van der Waals surface area contributed by atoms with Crippen LogP contribution >= 0.6 is 11.6 Å². The number of alkyl halides is 1. The molecule has 0 saturated carbocycles. The third-order valence-corrected chi connectivity index (χ3v) is 1.09. The van der Waals surface area contributed by atoms with Crippen LogP contribution in [0, 0.1) is 0 Å². The van der Waals surface area contributed by atoms with Crippen molar-refractivity contribution in [2.24, 2.45) is 0 Å². The average molecular weight is 167 g/mol. The first-order valence-corrected chi connectivity index (χ1v) is 2.04. The Hall–Kier alpha value is 1.43. The van der Waals surface area contributed by atoms with Crippen molar-refractivity contribution >= 4 is 49.3 Å². The van der Waals surface area contributed by atoms with Crippen LogP contribution in [0.25, 0.3) is 0 Å². The van der Waals surface area contributed by atoms with Gasteiger partial charge in [0.25, 0.3) is 0 Å². The molecule has 1 rings (SSSR count). The van der Waals surface area contributed by atoms with Crippen LogP contribution < -0.4 is 0 Å². The largest absolute Gasteiger partial charge is 2.00 e. The van der Waals surface area contributed by atoms with Crippen LogP contribution in [0.1, 0.15) is 6.92 Å². The fraction of sp³-hybridized carbons (Fsp3) is 1.00. The number of hydrogen-bond acceptors (Lipinski definition) is 3. The van der Waals surface area contributed by atoms with Crippen molar-refractivity contribution in [1.82, 2.24) is 0 Å². The van der Waals surface area contributed by atoms with Gasteiger partial charge in [0.1, 0.15) is 0 Å². The molecule has 1 aliphatic rings. The molecular formula is C3H7CaClO3. The fourth-order valence-corrected chi connectivity index (χ4v) is 0.322. The Balaban J connectivity index is -0.0000000833. The summed E-state index contributed by atoms with van der Waals surface area (Å²) < 4.78 is 4.68. The number of rotatable bonds is 0. The maximum absolute atomic E-state index is 5.31. The molecule has 2 unspecified atom stereocenters. The molecule has 5 heteroatoms. The third-order valence-electron chi connectivity index (χ3n) is 0.637. The summed E-state index contributed by atoms with van der Waals surface area (Å²) in [5.74, 6) is 0. The van der Waals surface area contributed by atoms with Gasteiger partial charge in [-0.3, -0.25) is 0 Å². The van der Waals surface area contributed by atoms with Crippen LogP contribution in [0.2, 0.25) is 0 Å². The first-order valence-electron chi connectivity index (χ1n) is 1.60. The van der Waals surface area contributed by atoms with E-state index in [-0.39, 0.29) is 54.3 Å². The first-order chi connectivity index (χ1) is 2.30. The quantitative estimate of drug-likeness (QED) is 0.294. The van der Waals surface area contributed by atoms with Gasteiger partial charge in [0.05, 0.1) is 6.10 Å². The van der Waals surface area contributed by atoms with Crippen molar-refractivity contribution in [3.8, 4) is 0 Å². The zero-order valence-corrected chi connectivity index (χ0v) is 7.51. The summed E-state index contributed by atoms with van der Waals surface area (Å²) in [6.45, 7) is 1.94. The van der Waals surface area contributed by atoms with Crippen LogP contribution in [0.5, 0.6) is 0 Å². The number of ether oxygens (including phenoxy) is 1. The van der Waals surface area contributed by atoms with Crippen molar-refractivity contribution in [2.75, 3.05) is 0 Å². The molecule has 3 nitrogen and oxygen atoms in total. The van der Waals surface area contributed by atoms with Gasteiger partial charge in [-0.15, -0.1) is 0 Å². The van der Waals surface area contributed by atoms with Crippen LogP contribution in [-0.2, 0) is 4.74 Å². The summed E-state index contributed by atoms with van der Waals surface area (Å²) in [6.07, 6.45) is 0.316.